The lowest BCUT2D eigenvalue weighted by atomic mass is 9.92. The molecule has 0 bridgehead atoms. The number of carbonyl (C=O) groups is 1. The molecule has 2 heterocycles. The van der Waals surface area contributed by atoms with Crippen LogP contribution in [-0.4, -0.2) is 111 Å². The zero-order chi connectivity index (χ0) is 19.6. The Morgan fingerprint density at radius 2 is 1.54 bits per heavy atom. The lowest BCUT2D eigenvalue weighted by Crippen LogP contribution is -2.67. The largest absolute Gasteiger partial charge is 0.394 e. The first-order valence-corrected chi connectivity index (χ1v) is 8.38. The number of aliphatic hydroxyl groups is 6. The van der Waals surface area contributed by atoms with E-state index in [1.807, 2.05) is 0 Å². The maximum atomic E-state index is 11.5. The summed E-state index contributed by atoms with van der Waals surface area (Å²) in [5, 5.41) is 61.4. The Morgan fingerprint density at radius 3 is 2.08 bits per heavy atom. The molecule has 2 aliphatic heterocycles. The average Bonchev–Trinajstić information content (AvgIpc) is 2.60. The van der Waals surface area contributed by atoms with Gasteiger partial charge >= 0.3 is 0 Å². The van der Waals surface area contributed by atoms with Crippen LogP contribution in [0.15, 0.2) is 0 Å². The molecule has 0 aromatic carbocycles. The zero-order valence-electron chi connectivity index (χ0n) is 14.5. The van der Waals surface area contributed by atoms with E-state index < -0.39 is 80.3 Å². The second-order valence-electron chi connectivity index (χ2n) is 6.58. The van der Waals surface area contributed by atoms with E-state index in [2.05, 4.69) is 5.32 Å². The van der Waals surface area contributed by atoms with E-state index in [9.17, 15) is 35.4 Å². The maximum absolute atomic E-state index is 11.5. The highest BCUT2D eigenvalue weighted by atomic mass is 16.7. The van der Waals surface area contributed by atoms with Crippen molar-refractivity contribution < 1.29 is 49.6 Å². The lowest BCUT2D eigenvalue weighted by Gasteiger charge is -2.47. The van der Waals surface area contributed by atoms with Gasteiger partial charge in [-0.25, -0.2) is 0 Å². The van der Waals surface area contributed by atoms with Crippen LogP contribution in [0.1, 0.15) is 13.8 Å². The van der Waals surface area contributed by atoms with Gasteiger partial charge in [-0.3, -0.25) is 4.79 Å². The Labute approximate surface area is 150 Å². The number of aliphatic hydroxyl groups excluding tert-OH is 6. The van der Waals surface area contributed by atoms with Gasteiger partial charge in [-0.15, -0.1) is 0 Å². The fourth-order valence-electron chi connectivity index (χ4n) is 3.22. The van der Waals surface area contributed by atoms with Gasteiger partial charge in [0.15, 0.2) is 6.29 Å². The number of amides is 1. The number of carbonyl (C=O) groups excluding carboxylic acids is 1. The summed E-state index contributed by atoms with van der Waals surface area (Å²) in [5.41, 5.74) is 0. The SMILES string of the molecule is CC(=O)NC1C(C)OC(CO)[C@H](O)[C@@H]1O[C@@H]1OC(CO)[C@H](O)[C@H](O)C1O. The van der Waals surface area contributed by atoms with E-state index in [1.165, 1.54) is 6.92 Å². The standard InChI is InChI=1S/C15H27NO10/c1-5-9(16-6(2)19)14(11(21)8(4-18)24-5)26-15-13(23)12(22)10(20)7(3-17)25-15/h5,7-15,17-18,20-23H,3-4H2,1-2H3,(H,16,19)/t5?,7?,8?,9?,10-,11-,12-,13?,14+,15-/m0/s1. The Kier molecular flexibility index (Phi) is 7.30. The number of hydrogen-bond donors (Lipinski definition) is 7. The van der Waals surface area contributed by atoms with E-state index in [0.717, 1.165) is 0 Å². The molecular weight excluding hydrogens is 354 g/mol. The normalized spacial score (nSPS) is 46.8. The molecule has 11 heteroatoms. The van der Waals surface area contributed by atoms with Crippen molar-refractivity contribution in [3.8, 4) is 0 Å². The van der Waals surface area contributed by atoms with Gasteiger partial charge in [-0.05, 0) is 6.92 Å². The predicted octanol–water partition coefficient (Wildman–Crippen LogP) is -4.18. The van der Waals surface area contributed by atoms with Crippen LogP contribution < -0.4 is 5.32 Å². The molecule has 2 fully saturated rings. The predicted molar refractivity (Wildman–Crippen MR) is 83.7 cm³/mol. The van der Waals surface area contributed by atoms with E-state index in [4.69, 9.17) is 14.2 Å². The molecule has 0 radical (unpaired) electrons. The van der Waals surface area contributed by atoms with Crippen LogP contribution >= 0.6 is 0 Å². The quantitative estimate of drug-likeness (QED) is 0.247. The molecule has 0 spiro atoms. The minimum absolute atomic E-state index is 0.414. The number of hydrogen-bond acceptors (Lipinski definition) is 10. The fraction of sp³-hybridized carbons (Fsp3) is 0.933. The third kappa shape index (κ3) is 4.32. The lowest BCUT2D eigenvalue weighted by molar-refractivity contribution is -0.331. The molecule has 26 heavy (non-hydrogen) atoms. The summed E-state index contributed by atoms with van der Waals surface area (Å²) in [6.45, 7) is 1.74. The van der Waals surface area contributed by atoms with Crippen molar-refractivity contribution in [1.82, 2.24) is 5.32 Å². The maximum Gasteiger partial charge on any atom is 0.217 e. The minimum atomic E-state index is -1.66. The molecule has 152 valence electrons. The molecule has 0 aromatic heterocycles. The summed E-state index contributed by atoms with van der Waals surface area (Å²) in [7, 11) is 0. The Bertz CT molecular complexity index is 477. The van der Waals surface area contributed by atoms with Crippen molar-refractivity contribution in [3.05, 3.63) is 0 Å². The minimum Gasteiger partial charge on any atom is -0.394 e. The molecule has 2 aliphatic rings. The summed E-state index contributed by atoms with van der Waals surface area (Å²) < 4.78 is 16.4. The van der Waals surface area contributed by atoms with Gasteiger partial charge in [-0.2, -0.15) is 0 Å². The second kappa shape index (κ2) is 8.87. The first kappa shape index (κ1) is 21.4. The number of rotatable bonds is 5. The van der Waals surface area contributed by atoms with Crippen LogP contribution in [0.2, 0.25) is 0 Å². The van der Waals surface area contributed by atoms with Gasteiger partial charge in [0.1, 0.15) is 42.7 Å². The third-order valence-electron chi connectivity index (χ3n) is 4.66. The smallest absolute Gasteiger partial charge is 0.217 e. The van der Waals surface area contributed by atoms with Crippen LogP contribution in [0.4, 0.5) is 0 Å². The van der Waals surface area contributed by atoms with Crippen LogP contribution in [0.5, 0.6) is 0 Å². The summed E-state index contributed by atoms with van der Waals surface area (Å²) in [6, 6.07) is -0.835. The first-order valence-electron chi connectivity index (χ1n) is 8.38. The highest BCUT2D eigenvalue weighted by Crippen LogP contribution is 2.29. The highest BCUT2D eigenvalue weighted by Gasteiger charge is 2.50. The highest BCUT2D eigenvalue weighted by molar-refractivity contribution is 5.73. The van der Waals surface area contributed by atoms with Crippen molar-refractivity contribution in [2.24, 2.45) is 0 Å². The summed E-state index contributed by atoms with van der Waals surface area (Å²) >= 11 is 0. The van der Waals surface area contributed by atoms with Gasteiger partial charge in [0, 0.05) is 6.92 Å². The number of nitrogens with one attached hydrogen (secondary N) is 1. The van der Waals surface area contributed by atoms with Crippen molar-refractivity contribution in [2.45, 2.75) is 75.0 Å². The molecule has 2 rings (SSSR count). The fourth-order valence-corrected chi connectivity index (χ4v) is 3.22. The molecule has 1 amide bonds. The average molecular weight is 381 g/mol. The first-order chi connectivity index (χ1) is 12.2. The molecule has 11 nitrogen and oxygen atoms in total. The molecule has 10 atom stereocenters. The van der Waals surface area contributed by atoms with Gasteiger partial charge in [0.25, 0.3) is 0 Å². The van der Waals surface area contributed by atoms with Crippen LogP contribution in [0.25, 0.3) is 0 Å². The van der Waals surface area contributed by atoms with E-state index >= 15 is 0 Å². The van der Waals surface area contributed by atoms with Crippen LogP contribution in [0.3, 0.4) is 0 Å². The van der Waals surface area contributed by atoms with Gasteiger partial charge in [0.05, 0.1) is 25.4 Å². The molecule has 2 saturated heterocycles. The zero-order valence-corrected chi connectivity index (χ0v) is 14.5. The Morgan fingerprint density at radius 1 is 0.962 bits per heavy atom. The van der Waals surface area contributed by atoms with E-state index in [1.54, 1.807) is 6.92 Å². The number of ether oxygens (including phenoxy) is 3. The van der Waals surface area contributed by atoms with Crippen LogP contribution in [0, 0.1) is 0 Å². The summed E-state index contributed by atoms with van der Waals surface area (Å²) in [5.74, 6) is -0.414. The molecule has 0 aliphatic carbocycles. The van der Waals surface area contributed by atoms with Crippen molar-refractivity contribution in [1.29, 1.82) is 0 Å². The third-order valence-corrected chi connectivity index (χ3v) is 4.66. The molecule has 7 N–H and O–H groups in total. The van der Waals surface area contributed by atoms with Gasteiger partial charge < -0.3 is 50.2 Å². The van der Waals surface area contributed by atoms with E-state index in [-0.39, 0.29) is 0 Å². The van der Waals surface area contributed by atoms with Crippen molar-refractivity contribution >= 4 is 5.91 Å². The topological polar surface area (TPSA) is 178 Å². The van der Waals surface area contributed by atoms with Gasteiger partial charge in [-0.1, -0.05) is 0 Å². The van der Waals surface area contributed by atoms with E-state index in [0.29, 0.717) is 0 Å². The molecular formula is C15H27NO10. The Balaban J connectivity index is 2.21. The van der Waals surface area contributed by atoms with Crippen LogP contribution in [-0.2, 0) is 19.0 Å². The summed E-state index contributed by atoms with van der Waals surface area (Å²) in [4.78, 5) is 11.5. The monoisotopic (exact) mass is 381 g/mol. The second-order valence-corrected chi connectivity index (χ2v) is 6.58. The molecule has 5 unspecified atom stereocenters. The summed E-state index contributed by atoms with van der Waals surface area (Å²) in [6.07, 6.45) is -11.7. The Hall–Kier alpha value is -0.890. The van der Waals surface area contributed by atoms with Crippen molar-refractivity contribution in [2.75, 3.05) is 13.2 Å². The van der Waals surface area contributed by atoms with Gasteiger partial charge in [0.2, 0.25) is 5.91 Å². The van der Waals surface area contributed by atoms with Crippen molar-refractivity contribution in [3.63, 3.8) is 0 Å². The molecule has 0 saturated carbocycles. The molecule has 0 aromatic rings.